The molecule has 1 saturated heterocycles. The predicted molar refractivity (Wildman–Crippen MR) is 140 cm³/mol. The molecule has 1 fully saturated rings. The zero-order valence-electron chi connectivity index (χ0n) is 20.3. The van der Waals surface area contributed by atoms with Crippen LogP contribution in [0.3, 0.4) is 0 Å². The second-order valence-corrected chi connectivity index (χ2v) is 9.09. The summed E-state index contributed by atoms with van der Waals surface area (Å²) in [5.41, 5.74) is 3.48. The maximum absolute atomic E-state index is 13.8. The van der Waals surface area contributed by atoms with Gasteiger partial charge in [-0.3, -0.25) is 14.2 Å². The highest BCUT2D eigenvalue weighted by molar-refractivity contribution is 6.06. The Balaban J connectivity index is 1.50. The van der Waals surface area contributed by atoms with Gasteiger partial charge in [0.1, 0.15) is 5.75 Å². The largest absolute Gasteiger partial charge is 0.497 e. The van der Waals surface area contributed by atoms with E-state index in [1.54, 1.807) is 23.9 Å². The van der Waals surface area contributed by atoms with Crippen molar-refractivity contribution >= 4 is 22.4 Å². The molecule has 1 atom stereocenters. The highest BCUT2D eigenvalue weighted by Gasteiger charge is 2.29. The van der Waals surface area contributed by atoms with Gasteiger partial charge in [-0.2, -0.15) is 0 Å². The zero-order valence-corrected chi connectivity index (χ0v) is 20.3. The Kier molecular flexibility index (Phi) is 6.03. The van der Waals surface area contributed by atoms with Crippen LogP contribution < -0.4 is 15.2 Å². The number of aromatic nitrogens is 1. The van der Waals surface area contributed by atoms with Crippen molar-refractivity contribution in [3.8, 4) is 11.4 Å². The third-order valence-corrected chi connectivity index (χ3v) is 6.75. The fourth-order valence-electron chi connectivity index (χ4n) is 4.90. The molecular formula is C29H29N3O3. The maximum atomic E-state index is 13.8. The topological polar surface area (TPSA) is 54.8 Å². The Hall–Kier alpha value is -4.06. The van der Waals surface area contributed by atoms with E-state index in [9.17, 15) is 9.59 Å². The molecular weight excluding hydrogens is 438 g/mol. The molecule has 0 unspecified atom stereocenters. The third-order valence-electron chi connectivity index (χ3n) is 6.75. The lowest BCUT2D eigenvalue weighted by Crippen LogP contribution is -2.54. The summed E-state index contributed by atoms with van der Waals surface area (Å²) in [5, 5.41) is 1.21. The smallest absolute Gasteiger partial charge is 0.262 e. The zero-order chi connectivity index (χ0) is 24.5. The van der Waals surface area contributed by atoms with E-state index in [-0.39, 0.29) is 17.5 Å². The van der Waals surface area contributed by atoms with Gasteiger partial charge in [-0.05, 0) is 61.9 Å². The van der Waals surface area contributed by atoms with Crippen molar-refractivity contribution in [2.24, 2.45) is 0 Å². The summed E-state index contributed by atoms with van der Waals surface area (Å²) in [7, 11) is 1.60. The lowest BCUT2D eigenvalue weighted by Gasteiger charge is -2.41. The Bertz CT molecular complexity index is 1440. The summed E-state index contributed by atoms with van der Waals surface area (Å²) in [5.74, 6) is 0.651. The van der Waals surface area contributed by atoms with E-state index in [1.807, 2.05) is 47.4 Å². The van der Waals surface area contributed by atoms with Crippen LogP contribution in [0.15, 0.2) is 83.8 Å². The van der Waals surface area contributed by atoms with Gasteiger partial charge >= 0.3 is 0 Å². The van der Waals surface area contributed by atoms with E-state index in [2.05, 4.69) is 43.0 Å². The van der Waals surface area contributed by atoms with E-state index in [0.29, 0.717) is 40.9 Å². The Morgan fingerprint density at radius 2 is 1.66 bits per heavy atom. The van der Waals surface area contributed by atoms with Gasteiger partial charge in [0.25, 0.3) is 11.5 Å². The van der Waals surface area contributed by atoms with Crippen LogP contribution in [0.25, 0.3) is 16.5 Å². The number of anilines is 1. The number of methoxy groups -OCH3 is 1. The van der Waals surface area contributed by atoms with Crippen molar-refractivity contribution in [3.63, 3.8) is 0 Å². The molecule has 1 aliphatic rings. The summed E-state index contributed by atoms with van der Waals surface area (Å²) in [6, 6.07) is 23.3. The number of amides is 1. The standard InChI is InChI=1S/C29H29N3O3/c1-20-7-6-8-23(17-20)31-16-15-30(18-21(31)2)28(33)27-19-32(22-11-13-24(35-3)14-12-22)29(34)26-10-5-4-9-25(26)27/h4-14,17,19,21H,15-16,18H2,1-3H3/t21-/m0/s1. The van der Waals surface area contributed by atoms with Gasteiger partial charge in [0.2, 0.25) is 0 Å². The van der Waals surface area contributed by atoms with E-state index in [4.69, 9.17) is 4.74 Å². The minimum absolute atomic E-state index is 0.0563. The lowest BCUT2D eigenvalue weighted by molar-refractivity contribution is 0.0727. The summed E-state index contributed by atoms with van der Waals surface area (Å²) in [4.78, 5) is 31.4. The number of carbonyl (C=O) groups is 1. The van der Waals surface area contributed by atoms with Gasteiger partial charge < -0.3 is 14.5 Å². The Morgan fingerprint density at radius 1 is 0.914 bits per heavy atom. The molecule has 3 aromatic carbocycles. The molecule has 0 N–H and O–H groups in total. The molecule has 0 aliphatic carbocycles. The number of ether oxygens (including phenoxy) is 1. The van der Waals surface area contributed by atoms with Gasteiger partial charge in [-0.15, -0.1) is 0 Å². The fourth-order valence-corrected chi connectivity index (χ4v) is 4.90. The van der Waals surface area contributed by atoms with Crippen LogP contribution >= 0.6 is 0 Å². The minimum Gasteiger partial charge on any atom is -0.497 e. The van der Waals surface area contributed by atoms with Crippen molar-refractivity contribution < 1.29 is 9.53 Å². The van der Waals surface area contributed by atoms with Crippen LogP contribution in [0.1, 0.15) is 22.8 Å². The van der Waals surface area contributed by atoms with Gasteiger partial charge in [0.15, 0.2) is 0 Å². The molecule has 4 aromatic rings. The van der Waals surface area contributed by atoms with Crippen LogP contribution in [0.2, 0.25) is 0 Å². The second kappa shape index (κ2) is 9.29. The van der Waals surface area contributed by atoms with Crippen LogP contribution in [-0.4, -0.2) is 48.2 Å². The van der Waals surface area contributed by atoms with Crippen LogP contribution in [0.4, 0.5) is 5.69 Å². The number of fused-ring (bicyclic) bond motifs is 1. The first-order chi connectivity index (χ1) is 17.0. The van der Waals surface area contributed by atoms with E-state index >= 15 is 0 Å². The molecule has 35 heavy (non-hydrogen) atoms. The molecule has 5 rings (SSSR count). The predicted octanol–water partition coefficient (Wildman–Crippen LogP) is 4.66. The molecule has 0 spiro atoms. The number of aryl methyl sites for hydroxylation is 1. The molecule has 1 aromatic heterocycles. The van der Waals surface area contributed by atoms with Gasteiger partial charge in [0.05, 0.1) is 12.7 Å². The first kappa shape index (κ1) is 22.7. The van der Waals surface area contributed by atoms with Gasteiger partial charge in [-0.25, -0.2) is 0 Å². The number of nitrogens with zero attached hydrogens (tertiary/aromatic N) is 3. The molecule has 178 valence electrons. The molecule has 1 amide bonds. The molecule has 0 radical (unpaired) electrons. The number of rotatable bonds is 4. The number of hydrogen-bond acceptors (Lipinski definition) is 4. The van der Waals surface area contributed by atoms with E-state index in [0.717, 1.165) is 6.54 Å². The molecule has 1 aliphatic heterocycles. The fraction of sp³-hybridized carbons (Fsp3) is 0.241. The van der Waals surface area contributed by atoms with Crippen molar-refractivity contribution in [2.75, 3.05) is 31.6 Å². The van der Waals surface area contributed by atoms with Gasteiger partial charge in [0, 0.05) is 54.0 Å². The Morgan fingerprint density at radius 3 is 2.34 bits per heavy atom. The number of pyridine rings is 1. The molecule has 2 heterocycles. The molecule has 0 saturated carbocycles. The second-order valence-electron chi connectivity index (χ2n) is 9.09. The van der Waals surface area contributed by atoms with Crippen LogP contribution in [-0.2, 0) is 0 Å². The normalized spacial score (nSPS) is 15.9. The average Bonchev–Trinajstić information content (AvgIpc) is 2.89. The number of hydrogen-bond donors (Lipinski definition) is 0. The Labute approximate surface area is 205 Å². The van der Waals surface area contributed by atoms with Crippen LogP contribution in [0, 0.1) is 6.92 Å². The van der Waals surface area contributed by atoms with Crippen LogP contribution in [0.5, 0.6) is 5.75 Å². The summed E-state index contributed by atoms with van der Waals surface area (Å²) < 4.78 is 6.81. The molecule has 0 bridgehead atoms. The number of carbonyl (C=O) groups excluding carboxylic acids is 1. The number of piperazine rings is 1. The number of benzene rings is 3. The third kappa shape index (κ3) is 4.28. The van der Waals surface area contributed by atoms with Crippen molar-refractivity contribution in [3.05, 3.63) is 100 Å². The monoisotopic (exact) mass is 467 g/mol. The SMILES string of the molecule is COc1ccc(-n2cc(C(=O)N3CCN(c4cccc(C)c4)[C@@H](C)C3)c3ccccc3c2=O)cc1. The minimum atomic E-state index is -0.153. The van der Waals surface area contributed by atoms with Gasteiger partial charge in [-0.1, -0.05) is 30.3 Å². The highest BCUT2D eigenvalue weighted by atomic mass is 16.5. The lowest BCUT2D eigenvalue weighted by atomic mass is 10.0. The average molecular weight is 468 g/mol. The maximum Gasteiger partial charge on any atom is 0.262 e. The van der Waals surface area contributed by atoms with E-state index < -0.39 is 0 Å². The van der Waals surface area contributed by atoms with Crippen molar-refractivity contribution in [2.45, 2.75) is 19.9 Å². The molecule has 6 heteroatoms. The quantitative estimate of drug-likeness (QED) is 0.438. The first-order valence-electron chi connectivity index (χ1n) is 11.9. The van der Waals surface area contributed by atoms with E-state index in [1.165, 1.54) is 11.3 Å². The summed E-state index contributed by atoms with van der Waals surface area (Å²) in [6.45, 7) is 6.23. The van der Waals surface area contributed by atoms with Crippen molar-refractivity contribution in [1.82, 2.24) is 9.47 Å². The molecule has 6 nitrogen and oxygen atoms in total. The first-order valence-corrected chi connectivity index (χ1v) is 11.9. The van der Waals surface area contributed by atoms with Crippen molar-refractivity contribution in [1.29, 1.82) is 0 Å². The highest BCUT2D eigenvalue weighted by Crippen LogP contribution is 2.25. The summed E-state index contributed by atoms with van der Waals surface area (Å²) in [6.07, 6.45) is 1.69. The summed E-state index contributed by atoms with van der Waals surface area (Å²) >= 11 is 0.